The van der Waals surface area contributed by atoms with Gasteiger partial charge in [-0.1, -0.05) is 17.7 Å². The van der Waals surface area contributed by atoms with Crippen LogP contribution in [0.5, 0.6) is 0 Å². The molecule has 1 rings (SSSR count). The van der Waals surface area contributed by atoms with Crippen LogP contribution in [0.25, 0.3) is 0 Å². The van der Waals surface area contributed by atoms with E-state index in [0.29, 0.717) is 6.61 Å². The van der Waals surface area contributed by atoms with Crippen LogP contribution in [-0.2, 0) is 6.54 Å². The molecule has 0 amide bonds. The van der Waals surface area contributed by atoms with E-state index in [1.54, 1.807) is 0 Å². The SMILES string of the molecule is OCCCSCCNCc1ccc(Cl)c(Br)c1. The monoisotopic (exact) mass is 337 g/mol. The topological polar surface area (TPSA) is 32.3 Å². The molecule has 0 saturated heterocycles. The normalized spacial score (nSPS) is 10.8. The lowest BCUT2D eigenvalue weighted by molar-refractivity contribution is 0.296. The lowest BCUT2D eigenvalue weighted by Gasteiger charge is -2.06. The molecule has 2 nitrogen and oxygen atoms in total. The van der Waals surface area contributed by atoms with E-state index < -0.39 is 0 Å². The molecule has 0 bridgehead atoms. The fourth-order valence-electron chi connectivity index (χ4n) is 1.30. The molecule has 0 aliphatic carbocycles. The van der Waals surface area contributed by atoms with E-state index in [2.05, 4.69) is 21.2 Å². The minimum Gasteiger partial charge on any atom is -0.396 e. The number of rotatable bonds is 8. The number of thioether (sulfide) groups is 1. The van der Waals surface area contributed by atoms with Crippen LogP contribution in [0.3, 0.4) is 0 Å². The maximum atomic E-state index is 8.62. The van der Waals surface area contributed by atoms with Gasteiger partial charge in [-0.05, 0) is 45.8 Å². The summed E-state index contributed by atoms with van der Waals surface area (Å²) in [5.74, 6) is 2.11. The molecule has 0 aliphatic rings. The van der Waals surface area contributed by atoms with Gasteiger partial charge in [-0.15, -0.1) is 0 Å². The number of benzene rings is 1. The van der Waals surface area contributed by atoms with Crippen molar-refractivity contribution >= 4 is 39.3 Å². The van der Waals surface area contributed by atoms with Gasteiger partial charge in [0.25, 0.3) is 0 Å². The average molecular weight is 339 g/mol. The van der Waals surface area contributed by atoms with E-state index >= 15 is 0 Å². The Morgan fingerprint density at radius 2 is 2.18 bits per heavy atom. The van der Waals surface area contributed by atoms with Gasteiger partial charge in [0.1, 0.15) is 0 Å². The molecule has 0 heterocycles. The quantitative estimate of drug-likeness (QED) is 0.713. The molecule has 0 radical (unpaired) electrons. The molecule has 0 fully saturated rings. The molecule has 0 spiro atoms. The van der Waals surface area contributed by atoms with Crippen LogP contribution in [0.1, 0.15) is 12.0 Å². The molecule has 96 valence electrons. The summed E-state index contributed by atoms with van der Waals surface area (Å²) in [5, 5.41) is 12.7. The molecule has 0 unspecified atom stereocenters. The van der Waals surface area contributed by atoms with Crippen LogP contribution < -0.4 is 5.32 Å². The Morgan fingerprint density at radius 1 is 1.35 bits per heavy atom. The zero-order valence-corrected chi connectivity index (χ0v) is 12.7. The van der Waals surface area contributed by atoms with Crippen LogP contribution in [0.15, 0.2) is 22.7 Å². The van der Waals surface area contributed by atoms with Crippen LogP contribution in [-0.4, -0.2) is 29.8 Å². The highest BCUT2D eigenvalue weighted by Gasteiger charge is 1.98. The van der Waals surface area contributed by atoms with Crippen molar-refractivity contribution in [3.05, 3.63) is 33.3 Å². The van der Waals surface area contributed by atoms with E-state index in [-0.39, 0.29) is 0 Å². The maximum absolute atomic E-state index is 8.62. The zero-order chi connectivity index (χ0) is 12.5. The van der Waals surface area contributed by atoms with Crippen molar-refractivity contribution in [1.82, 2.24) is 5.32 Å². The summed E-state index contributed by atoms with van der Waals surface area (Å²) in [7, 11) is 0. The van der Waals surface area contributed by atoms with Gasteiger partial charge in [-0.3, -0.25) is 0 Å². The first-order valence-corrected chi connectivity index (χ1v) is 7.90. The third-order valence-electron chi connectivity index (χ3n) is 2.18. The Kier molecular flexibility index (Phi) is 8.31. The molecule has 0 aliphatic heterocycles. The summed E-state index contributed by atoms with van der Waals surface area (Å²) in [5.41, 5.74) is 1.22. The van der Waals surface area contributed by atoms with Gasteiger partial charge < -0.3 is 10.4 Å². The Bertz CT molecular complexity index is 338. The fourth-order valence-corrected chi connectivity index (χ4v) is 2.67. The average Bonchev–Trinajstić information content (AvgIpc) is 2.32. The summed E-state index contributed by atoms with van der Waals surface area (Å²) in [6.07, 6.45) is 0.884. The largest absolute Gasteiger partial charge is 0.396 e. The highest BCUT2D eigenvalue weighted by atomic mass is 79.9. The first-order valence-electron chi connectivity index (χ1n) is 5.57. The Hall–Kier alpha value is 0.260. The van der Waals surface area contributed by atoms with Gasteiger partial charge in [-0.2, -0.15) is 11.8 Å². The van der Waals surface area contributed by atoms with Crippen molar-refractivity contribution < 1.29 is 5.11 Å². The molecule has 17 heavy (non-hydrogen) atoms. The molecule has 0 aromatic heterocycles. The van der Waals surface area contributed by atoms with Gasteiger partial charge in [0, 0.05) is 29.9 Å². The molecule has 0 saturated carbocycles. The van der Waals surface area contributed by atoms with E-state index in [9.17, 15) is 0 Å². The summed E-state index contributed by atoms with van der Waals surface area (Å²) < 4.78 is 0.941. The number of nitrogens with one attached hydrogen (secondary N) is 1. The second kappa shape index (κ2) is 9.22. The minimum absolute atomic E-state index is 0.291. The van der Waals surface area contributed by atoms with Gasteiger partial charge in [-0.25, -0.2) is 0 Å². The molecule has 1 aromatic rings. The van der Waals surface area contributed by atoms with Gasteiger partial charge >= 0.3 is 0 Å². The van der Waals surface area contributed by atoms with Crippen LogP contribution in [0.2, 0.25) is 5.02 Å². The zero-order valence-electron chi connectivity index (χ0n) is 9.59. The van der Waals surface area contributed by atoms with Crippen molar-refractivity contribution in [2.24, 2.45) is 0 Å². The molecule has 5 heteroatoms. The second-order valence-corrected chi connectivity index (χ2v) is 6.10. The van der Waals surface area contributed by atoms with Crippen molar-refractivity contribution in [2.45, 2.75) is 13.0 Å². The van der Waals surface area contributed by atoms with Crippen molar-refractivity contribution in [1.29, 1.82) is 0 Å². The first-order chi connectivity index (χ1) is 8.24. The van der Waals surface area contributed by atoms with E-state index in [1.807, 2.05) is 30.0 Å². The Morgan fingerprint density at radius 3 is 2.88 bits per heavy atom. The molecular weight excluding hydrogens is 322 g/mol. The number of aliphatic hydroxyl groups is 1. The molecular formula is C12H17BrClNOS. The molecule has 0 atom stereocenters. The summed E-state index contributed by atoms with van der Waals surface area (Å²) in [6, 6.07) is 5.96. The van der Waals surface area contributed by atoms with Gasteiger partial charge in [0.2, 0.25) is 0 Å². The lowest BCUT2D eigenvalue weighted by Crippen LogP contribution is -2.16. The number of halogens is 2. The number of aliphatic hydroxyl groups excluding tert-OH is 1. The van der Waals surface area contributed by atoms with Crippen LogP contribution in [0, 0.1) is 0 Å². The van der Waals surface area contributed by atoms with Crippen molar-refractivity contribution in [2.75, 3.05) is 24.7 Å². The summed E-state index contributed by atoms with van der Waals surface area (Å²) >= 11 is 11.2. The van der Waals surface area contributed by atoms with Gasteiger partial charge in [0.15, 0.2) is 0 Å². The maximum Gasteiger partial charge on any atom is 0.0548 e. The minimum atomic E-state index is 0.291. The molecule has 1 aromatic carbocycles. The fraction of sp³-hybridized carbons (Fsp3) is 0.500. The Balaban J connectivity index is 2.11. The molecule has 2 N–H and O–H groups in total. The summed E-state index contributed by atoms with van der Waals surface area (Å²) in [6.45, 7) is 2.13. The highest BCUT2D eigenvalue weighted by Crippen LogP contribution is 2.23. The third kappa shape index (κ3) is 6.67. The van der Waals surface area contributed by atoms with Crippen molar-refractivity contribution in [3.63, 3.8) is 0 Å². The standard InChI is InChI=1S/C12H17BrClNOS/c13-11-8-10(2-3-12(11)14)9-15-4-7-17-6-1-5-16/h2-3,8,15-16H,1,4-7,9H2. The third-order valence-corrected chi connectivity index (χ3v) is 4.47. The highest BCUT2D eigenvalue weighted by molar-refractivity contribution is 9.10. The lowest BCUT2D eigenvalue weighted by atomic mass is 10.2. The van der Waals surface area contributed by atoms with E-state index in [1.165, 1.54) is 5.56 Å². The van der Waals surface area contributed by atoms with Gasteiger partial charge in [0.05, 0.1) is 5.02 Å². The Labute approximate surface area is 120 Å². The van der Waals surface area contributed by atoms with E-state index in [0.717, 1.165) is 40.5 Å². The van der Waals surface area contributed by atoms with Crippen LogP contribution >= 0.6 is 39.3 Å². The summed E-state index contributed by atoms with van der Waals surface area (Å²) in [4.78, 5) is 0. The second-order valence-electron chi connectivity index (χ2n) is 3.61. The van der Waals surface area contributed by atoms with Crippen LogP contribution in [0.4, 0.5) is 0 Å². The first kappa shape index (κ1) is 15.3. The predicted octanol–water partition coefficient (Wildman–Crippen LogP) is 3.31. The number of hydrogen-bond donors (Lipinski definition) is 2. The van der Waals surface area contributed by atoms with E-state index in [4.69, 9.17) is 16.7 Å². The van der Waals surface area contributed by atoms with Crippen molar-refractivity contribution in [3.8, 4) is 0 Å². The smallest absolute Gasteiger partial charge is 0.0548 e. The number of hydrogen-bond acceptors (Lipinski definition) is 3. The predicted molar refractivity (Wildman–Crippen MR) is 79.9 cm³/mol.